The maximum absolute atomic E-state index is 12.3. The van der Waals surface area contributed by atoms with E-state index >= 15 is 0 Å². The lowest BCUT2D eigenvalue weighted by atomic mass is 10.1. The molecule has 1 fully saturated rings. The standard InChI is InChI=1S/C20H21N5O/c1-21-18-9-10-25(20(18)26)12-14-7-8-17-16(11-14)19(23-13-22-17)24-15-5-3-2-4-6-15/h2-8,11,13,18,21H,9-10,12H2,1H3,(H,22,23,24)/t18-/m0/s1. The number of rotatable bonds is 5. The summed E-state index contributed by atoms with van der Waals surface area (Å²) >= 11 is 0. The molecule has 4 rings (SSSR count). The number of aromatic nitrogens is 2. The van der Waals surface area contributed by atoms with E-state index in [-0.39, 0.29) is 11.9 Å². The fourth-order valence-corrected chi connectivity index (χ4v) is 3.34. The van der Waals surface area contributed by atoms with Crippen LogP contribution >= 0.6 is 0 Å². The number of benzene rings is 2. The predicted molar refractivity (Wildman–Crippen MR) is 102 cm³/mol. The molecular weight excluding hydrogens is 326 g/mol. The van der Waals surface area contributed by atoms with Crippen molar-refractivity contribution >= 4 is 28.3 Å². The summed E-state index contributed by atoms with van der Waals surface area (Å²) in [5.74, 6) is 0.934. The third-order valence-electron chi connectivity index (χ3n) is 4.76. The van der Waals surface area contributed by atoms with Crippen LogP contribution in [0.4, 0.5) is 11.5 Å². The van der Waals surface area contributed by atoms with E-state index in [1.54, 1.807) is 6.33 Å². The van der Waals surface area contributed by atoms with Gasteiger partial charge in [0.05, 0.1) is 11.6 Å². The average Bonchev–Trinajstić information content (AvgIpc) is 3.03. The van der Waals surface area contributed by atoms with Crippen LogP contribution in [0.1, 0.15) is 12.0 Å². The summed E-state index contributed by atoms with van der Waals surface area (Å²) in [5, 5.41) is 7.38. The lowest BCUT2D eigenvalue weighted by molar-refractivity contribution is -0.129. The molecule has 6 heteroatoms. The molecule has 2 N–H and O–H groups in total. The van der Waals surface area contributed by atoms with Gasteiger partial charge in [-0.15, -0.1) is 0 Å². The second-order valence-corrected chi connectivity index (χ2v) is 6.45. The first kappa shape index (κ1) is 16.5. The maximum Gasteiger partial charge on any atom is 0.240 e. The molecule has 1 atom stereocenters. The number of anilines is 2. The number of likely N-dealkylation sites (tertiary alicyclic amines) is 1. The van der Waals surface area contributed by atoms with E-state index in [4.69, 9.17) is 0 Å². The minimum absolute atomic E-state index is 0.0610. The van der Waals surface area contributed by atoms with Gasteiger partial charge in [-0.25, -0.2) is 9.97 Å². The third kappa shape index (κ3) is 3.23. The summed E-state index contributed by atoms with van der Waals surface area (Å²) < 4.78 is 0. The van der Waals surface area contributed by atoms with Gasteiger partial charge in [-0.2, -0.15) is 0 Å². The van der Waals surface area contributed by atoms with Crippen molar-refractivity contribution in [1.29, 1.82) is 0 Å². The Hall–Kier alpha value is -2.99. The molecule has 132 valence electrons. The molecule has 26 heavy (non-hydrogen) atoms. The fourth-order valence-electron chi connectivity index (χ4n) is 3.34. The van der Waals surface area contributed by atoms with Crippen molar-refractivity contribution in [3.8, 4) is 0 Å². The van der Waals surface area contributed by atoms with E-state index in [0.29, 0.717) is 6.54 Å². The lowest BCUT2D eigenvalue weighted by Gasteiger charge is -2.17. The Bertz CT molecular complexity index is 928. The van der Waals surface area contributed by atoms with Crippen molar-refractivity contribution in [3.63, 3.8) is 0 Å². The van der Waals surface area contributed by atoms with Gasteiger partial charge in [0.1, 0.15) is 12.1 Å². The molecule has 2 aromatic carbocycles. The largest absolute Gasteiger partial charge is 0.340 e. The molecule has 0 saturated carbocycles. The first-order chi connectivity index (χ1) is 12.7. The number of amides is 1. The molecule has 0 bridgehead atoms. The number of fused-ring (bicyclic) bond motifs is 1. The summed E-state index contributed by atoms with van der Waals surface area (Å²) in [7, 11) is 1.83. The highest BCUT2D eigenvalue weighted by atomic mass is 16.2. The molecule has 6 nitrogen and oxygen atoms in total. The zero-order chi connectivity index (χ0) is 17.9. The first-order valence-electron chi connectivity index (χ1n) is 8.76. The zero-order valence-electron chi connectivity index (χ0n) is 14.6. The van der Waals surface area contributed by atoms with Crippen molar-refractivity contribution in [1.82, 2.24) is 20.2 Å². The summed E-state index contributed by atoms with van der Waals surface area (Å²) in [4.78, 5) is 23.0. The van der Waals surface area contributed by atoms with Gasteiger partial charge in [-0.05, 0) is 43.3 Å². The predicted octanol–water partition coefficient (Wildman–Crippen LogP) is 2.69. The maximum atomic E-state index is 12.3. The second-order valence-electron chi connectivity index (χ2n) is 6.45. The smallest absolute Gasteiger partial charge is 0.240 e. The van der Waals surface area contributed by atoms with Crippen molar-refractivity contribution < 1.29 is 4.79 Å². The van der Waals surface area contributed by atoms with Gasteiger partial charge in [0.25, 0.3) is 0 Å². The normalized spacial score (nSPS) is 17.0. The van der Waals surface area contributed by atoms with Gasteiger partial charge in [0.15, 0.2) is 0 Å². The van der Waals surface area contributed by atoms with Gasteiger partial charge in [0, 0.05) is 24.2 Å². The van der Waals surface area contributed by atoms with Gasteiger partial charge in [-0.3, -0.25) is 4.79 Å². The van der Waals surface area contributed by atoms with Crippen LogP contribution in [0.2, 0.25) is 0 Å². The highest BCUT2D eigenvalue weighted by Gasteiger charge is 2.30. The number of hydrogen-bond donors (Lipinski definition) is 2. The van der Waals surface area contributed by atoms with Crippen LogP contribution in [0.15, 0.2) is 54.9 Å². The Morgan fingerprint density at radius 2 is 2.00 bits per heavy atom. The number of carbonyl (C=O) groups excluding carboxylic acids is 1. The van der Waals surface area contributed by atoms with E-state index in [2.05, 4.69) is 26.7 Å². The number of hydrogen-bond acceptors (Lipinski definition) is 5. The number of para-hydroxylation sites is 1. The molecule has 2 heterocycles. The van der Waals surface area contributed by atoms with Crippen molar-refractivity contribution in [2.24, 2.45) is 0 Å². The van der Waals surface area contributed by atoms with Gasteiger partial charge in [0.2, 0.25) is 5.91 Å². The van der Waals surface area contributed by atoms with E-state index in [0.717, 1.165) is 40.9 Å². The van der Waals surface area contributed by atoms with Crippen LogP contribution in [0.5, 0.6) is 0 Å². The summed E-state index contributed by atoms with van der Waals surface area (Å²) in [5.41, 5.74) is 2.93. The summed E-state index contributed by atoms with van der Waals surface area (Å²) in [6, 6.07) is 16.0. The molecule has 1 aliphatic heterocycles. The molecule has 3 aromatic rings. The van der Waals surface area contributed by atoms with E-state index in [1.165, 1.54) is 0 Å². The van der Waals surface area contributed by atoms with Crippen molar-refractivity contribution in [2.75, 3.05) is 18.9 Å². The molecule has 1 saturated heterocycles. The number of nitrogens with zero attached hydrogens (tertiary/aromatic N) is 3. The Labute approximate surface area is 152 Å². The average molecular weight is 347 g/mol. The number of nitrogens with one attached hydrogen (secondary N) is 2. The second kappa shape index (κ2) is 7.09. The quantitative estimate of drug-likeness (QED) is 0.743. The van der Waals surface area contributed by atoms with Crippen molar-refractivity contribution in [2.45, 2.75) is 19.0 Å². The van der Waals surface area contributed by atoms with Crippen LogP contribution in [0, 0.1) is 0 Å². The summed E-state index contributed by atoms with van der Waals surface area (Å²) in [6.07, 6.45) is 2.42. The van der Waals surface area contributed by atoms with E-state index in [9.17, 15) is 4.79 Å². The van der Waals surface area contributed by atoms with Crippen molar-refractivity contribution in [3.05, 3.63) is 60.4 Å². The Kier molecular flexibility index (Phi) is 4.50. The van der Waals surface area contributed by atoms with Crippen LogP contribution in [-0.2, 0) is 11.3 Å². The fraction of sp³-hybridized carbons (Fsp3) is 0.250. The summed E-state index contributed by atoms with van der Waals surface area (Å²) in [6.45, 7) is 1.38. The van der Waals surface area contributed by atoms with Gasteiger partial charge < -0.3 is 15.5 Å². The monoisotopic (exact) mass is 347 g/mol. The van der Waals surface area contributed by atoms with Gasteiger partial charge in [-0.1, -0.05) is 24.3 Å². The Balaban J connectivity index is 1.62. The first-order valence-corrected chi connectivity index (χ1v) is 8.76. The Morgan fingerprint density at radius 3 is 2.77 bits per heavy atom. The van der Waals surface area contributed by atoms with Crippen LogP contribution in [0.3, 0.4) is 0 Å². The Morgan fingerprint density at radius 1 is 1.15 bits per heavy atom. The molecule has 0 aliphatic carbocycles. The molecule has 1 amide bonds. The van der Waals surface area contributed by atoms with Crippen LogP contribution < -0.4 is 10.6 Å². The van der Waals surface area contributed by atoms with Crippen LogP contribution in [-0.4, -0.2) is 40.4 Å². The highest BCUT2D eigenvalue weighted by molar-refractivity contribution is 5.91. The zero-order valence-corrected chi connectivity index (χ0v) is 14.6. The van der Waals surface area contributed by atoms with E-state index in [1.807, 2.05) is 54.4 Å². The lowest BCUT2D eigenvalue weighted by Crippen LogP contribution is -2.35. The molecule has 0 spiro atoms. The highest BCUT2D eigenvalue weighted by Crippen LogP contribution is 2.25. The molecular formula is C20H21N5O. The van der Waals surface area contributed by atoms with E-state index < -0.39 is 0 Å². The topological polar surface area (TPSA) is 70.2 Å². The minimum Gasteiger partial charge on any atom is -0.340 e. The minimum atomic E-state index is -0.0610. The molecule has 0 radical (unpaired) electrons. The number of carbonyl (C=O) groups is 1. The van der Waals surface area contributed by atoms with Gasteiger partial charge >= 0.3 is 0 Å². The molecule has 1 aromatic heterocycles. The molecule has 1 aliphatic rings. The molecule has 0 unspecified atom stereocenters. The number of likely N-dealkylation sites (N-methyl/N-ethyl adjacent to an activating group) is 1. The SMILES string of the molecule is CN[C@H]1CCN(Cc2ccc3ncnc(Nc4ccccc4)c3c2)C1=O. The third-order valence-corrected chi connectivity index (χ3v) is 4.76. The van der Waals surface area contributed by atoms with Crippen LogP contribution in [0.25, 0.3) is 10.9 Å².